The molecule has 180 valence electrons. The van der Waals surface area contributed by atoms with E-state index in [1.54, 1.807) is 32.0 Å². The molecule has 2 N–H and O–H groups in total. The van der Waals surface area contributed by atoms with Crippen LogP contribution in [0.25, 0.3) is 0 Å². The van der Waals surface area contributed by atoms with Crippen LogP contribution in [0.3, 0.4) is 0 Å². The van der Waals surface area contributed by atoms with Crippen molar-refractivity contribution in [3.8, 4) is 0 Å². The molecule has 0 spiro atoms. The molecule has 0 saturated heterocycles. The van der Waals surface area contributed by atoms with Crippen molar-refractivity contribution in [2.75, 3.05) is 27.1 Å². The Bertz CT molecular complexity index is 1420. The second-order valence-electron chi connectivity index (χ2n) is 7.76. The number of carbonyl (C=O) groups is 1. The van der Waals surface area contributed by atoms with Gasteiger partial charge in [0.25, 0.3) is 10.0 Å². The number of carbonyl (C=O) groups excluding carboxylic acids is 1. The third-order valence-electron chi connectivity index (χ3n) is 4.79. The van der Waals surface area contributed by atoms with Crippen molar-refractivity contribution in [1.29, 1.82) is 0 Å². The molecule has 0 atom stereocenters. The molecule has 0 saturated carbocycles. The number of aromatic nitrogens is 2. The third-order valence-corrected chi connectivity index (χ3v) is 7.26. The van der Waals surface area contributed by atoms with Gasteiger partial charge in [-0.3, -0.25) is 9.10 Å². The van der Waals surface area contributed by atoms with Gasteiger partial charge < -0.3 is 5.32 Å². The molecule has 2 aromatic carbocycles. The highest BCUT2D eigenvalue weighted by atomic mass is 32.2. The highest BCUT2D eigenvalue weighted by Crippen LogP contribution is 2.24. The first-order chi connectivity index (χ1) is 15.8. The van der Waals surface area contributed by atoms with Gasteiger partial charge in [-0.1, -0.05) is 12.1 Å². The Hall–Kier alpha value is -3.51. The summed E-state index contributed by atoms with van der Waals surface area (Å²) in [5, 5.41) is 2.60. The zero-order chi connectivity index (χ0) is 25.1. The Morgan fingerprint density at radius 1 is 0.971 bits per heavy atom. The summed E-state index contributed by atoms with van der Waals surface area (Å²) in [7, 11) is -7.66. The number of nitrogens with zero attached hydrogens (tertiary/aromatic N) is 3. The molecular formula is C22H25N5O5S2. The normalized spacial score (nSPS) is 11.6. The van der Waals surface area contributed by atoms with E-state index in [1.807, 2.05) is 13.0 Å². The summed E-state index contributed by atoms with van der Waals surface area (Å²) in [6, 6.07) is 12.4. The monoisotopic (exact) mass is 503 g/mol. The first-order valence-corrected chi connectivity index (χ1v) is 13.5. The molecular weight excluding hydrogens is 478 g/mol. The molecule has 1 aromatic heterocycles. The summed E-state index contributed by atoms with van der Waals surface area (Å²) in [6.45, 7) is 4.87. The second kappa shape index (κ2) is 9.77. The van der Waals surface area contributed by atoms with Crippen LogP contribution in [-0.2, 0) is 24.8 Å². The van der Waals surface area contributed by atoms with Crippen LogP contribution in [0.2, 0.25) is 0 Å². The number of anilines is 3. The molecule has 1 amide bonds. The van der Waals surface area contributed by atoms with Crippen molar-refractivity contribution in [3.05, 3.63) is 71.5 Å². The molecule has 10 nitrogen and oxygen atoms in total. The Balaban J connectivity index is 1.74. The molecule has 0 radical (unpaired) electrons. The van der Waals surface area contributed by atoms with E-state index in [-0.39, 0.29) is 10.8 Å². The quantitative estimate of drug-likeness (QED) is 0.482. The van der Waals surface area contributed by atoms with E-state index in [9.17, 15) is 21.6 Å². The Morgan fingerprint density at radius 2 is 1.65 bits per heavy atom. The summed E-state index contributed by atoms with van der Waals surface area (Å²) in [4.78, 5) is 20.5. The van der Waals surface area contributed by atoms with Gasteiger partial charge in [0, 0.05) is 17.6 Å². The van der Waals surface area contributed by atoms with E-state index in [1.165, 1.54) is 30.5 Å². The van der Waals surface area contributed by atoms with Gasteiger partial charge in [0.15, 0.2) is 0 Å². The van der Waals surface area contributed by atoms with Crippen molar-refractivity contribution in [2.45, 2.75) is 25.7 Å². The average molecular weight is 504 g/mol. The highest BCUT2D eigenvalue weighted by Gasteiger charge is 2.23. The van der Waals surface area contributed by atoms with Crippen molar-refractivity contribution >= 4 is 43.3 Å². The van der Waals surface area contributed by atoms with Gasteiger partial charge in [-0.15, -0.1) is 0 Å². The minimum absolute atomic E-state index is 0.0512. The largest absolute Gasteiger partial charge is 0.325 e. The highest BCUT2D eigenvalue weighted by molar-refractivity contribution is 7.92. The number of hydrogen-bond donors (Lipinski definition) is 2. The fourth-order valence-electron chi connectivity index (χ4n) is 3.09. The second-order valence-corrected chi connectivity index (χ2v) is 11.3. The van der Waals surface area contributed by atoms with Crippen LogP contribution in [0, 0.1) is 20.8 Å². The Kier molecular flexibility index (Phi) is 7.22. The van der Waals surface area contributed by atoms with Crippen molar-refractivity contribution in [1.82, 2.24) is 9.97 Å². The first kappa shape index (κ1) is 25.1. The Labute approximate surface area is 199 Å². The van der Waals surface area contributed by atoms with Gasteiger partial charge in [-0.25, -0.2) is 31.5 Å². The van der Waals surface area contributed by atoms with Crippen LogP contribution in [0.5, 0.6) is 0 Å². The number of sulfonamides is 2. The van der Waals surface area contributed by atoms with Crippen molar-refractivity contribution in [2.24, 2.45) is 0 Å². The van der Waals surface area contributed by atoms with Gasteiger partial charge in [-0.2, -0.15) is 0 Å². The molecule has 0 fully saturated rings. The van der Waals surface area contributed by atoms with Crippen LogP contribution in [-0.4, -0.2) is 45.5 Å². The lowest BCUT2D eigenvalue weighted by Gasteiger charge is -2.24. The maximum atomic E-state index is 12.6. The number of aryl methyl sites for hydroxylation is 3. The summed E-state index contributed by atoms with van der Waals surface area (Å²) < 4.78 is 53.2. The molecule has 0 aliphatic heterocycles. The molecule has 1 heterocycles. The molecule has 12 heteroatoms. The van der Waals surface area contributed by atoms with E-state index < -0.39 is 32.5 Å². The van der Waals surface area contributed by atoms with Crippen molar-refractivity contribution < 1.29 is 21.6 Å². The first-order valence-electron chi connectivity index (χ1n) is 10.1. The SMILES string of the molecule is Cc1ccc(C)c(N(CC(=O)Nc2ccc(S(=O)(=O)Nc3nccc(C)n3)cc2)S(C)(=O)=O)c1. The zero-order valence-electron chi connectivity index (χ0n) is 19.1. The molecule has 0 unspecified atom stereocenters. The predicted molar refractivity (Wildman–Crippen MR) is 131 cm³/mol. The number of rotatable bonds is 8. The van der Waals surface area contributed by atoms with Gasteiger partial charge in [0.1, 0.15) is 6.54 Å². The minimum Gasteiger partial charge on any atom is -0.325 e. The fraction of sp³-hybridized carbons (Fsp3) is 0.227. The molecule has 34 heavy (non-hydrogen) atoms. The third kappa shape index (κ3) is 6.29. The topological polar surface area (TPSA) is 138 Å². The average Bonchev–Trinajstić information content (AvgIpc) is 2.73. The number of benzene rings is 2. The molecule has 0 bridgehead atoms. The lowest BCUT2D eigenvalue weighted by Crippen LogP contribution is -2.37. The van der Waals surface area contributed by atoms with E-state index in [0.29, 0.717) is 22.6 Å². The van der Waals surface area contributed by atoms with Crippen LogP contribution < -0.4 is 14.3 Å². The molecule has 0 aliphatic rings. The molecule has 3 rings (SSSR count). The summed E-state index contributed by atoms with van der Waals surface area (Å²) in [5.74, 6) is -0.627. The summed E-state index contributed by atoms with van der Waals surface area (Å²) in [6.07, 6.45) is 2.48. The summed E-state index contributed by atoms with van der Waals surface area (Å²) >= 11 is 0. The van der Waals surface area contributed by atoms with Gasteiger partial charge >= 0.3 is 0 Å². The Morgan fingerprint density at radius 3 is 2.26 bits per heavy atom. The van der Waals surface area contributed by atoms with Gasteiger partial charge in [-0.05, 0) is 68.3 Å². The number of amides is 1. The van der Waals surface area contributed by atoms with Crippen LogP contribution in [0.15, 0.2) is 59.6 Å². The number of hydrogen-bond acceptors (Lipinski definition) is 7. The minimum atomic E-state index is -3.93. The van der Waals surface area contributed by atoms with E-state index in [0.717, 1.165) is 16.1 Å². The molecule has 0 aliphatic carbocycles. The predicted octanol–water partition coefficient (Wildman–Crippen LogP) is 2.61. The lowest BCUT2D eigenvalue weighted by molar-refractivity contribution is -0.114. The van der Waals surface area contributed by atoms with Crippen molar-refractivity contribution in [3.63, 3.8) is 0 Å². The maximum absolute atomic E-state index is 12.6. The van der Waals surface area contributed by atoms with Crippen LogP contribution >= 0.6 is 0 Å². The van der Waals surface area contributed by atoms with E-state index >= 15 is 0 Å². The zero-order valence-corrected chi connectivity index (χ0v) is 20.7. The van der Waals surface area contributed by atoms with Crippen LogP contribution in [0.4, 0.5) is 17.3 Å². The number of nitrogens with one attached hydrogen (secondary N) is 2. The van der Waals surface area contributed by atoms with Gasteiger partial charge in [0.2, 0.25) is 21.9 Å². The smallest absolute Gasteiger partial charge is 0.264 e. The van der Waals surface area contributed by atoms with Crippen LogP contribution in [0.1, 0.15) is 16.8 Å². The van der Waals surface area contributed by atoms with E-state index in [2.05, 4.69) is 20.0 Å². The molecule has 3 aromatic rings. The van der Waals surface area contributed by atoms with E-state index in [4.69, 9.17) is 0 Å². The maximum Gasteiger partial charge on any atom is 0.264 e. The standard InChI is InChI=1S/C22H25N5O5S2/c1-15-5-6-16(2)20(13-15)27(33(4,29)30)14-21(28)25-18-7-9-19(10-8-18)34(31,32)26-22-23-12-11-17(3)24-22/h5-13H,14H2,1-4H3,(H,25,28)(H,23,24,26). The summed E-state index contributed by atoms with van der Waals surface area (Å²) in [5.41, 5.74) is 2.91. The fourth-order valence-corrected chi connectivity index (χ4v) is 4.95. The van der Waals surface area contributed by atoms with Gasteiger partial charge in [0.05, 0.1) is 16.8 Å². The lowest BCUT2D eigenvalue weighted by atomic mass is 10.1.